The van der Waals surface area contributed by atoms with E-state index in [4.69, 9.17) is 0 Å². The van der Waals surface area contributed by atoms with Gasteiger partial charge in [-0.15, -0.1) is 0 Å². The quantitative estimate of drug-likeness (QED) is 0.433. The van der Waals surface area contributed by atoms with Gasteiger partial charge in [0.25, 0.3) is 0 Å². The van der Waals surface area contributed by atoms with E-state index in [1.165, 1.54) is 12.3 Å². The monoisotopic (exact) mass is 151 g/mol. The maximum Gasteiger partial charge on any atom is 0.233 e. The molecule has 11 heavy (non-hydrogen) atoms. The molecular weight excluding hydrogens is 142 g/mol. The number of nitrogens with zero attached hydrogens (tertiary/aromatic N) is 1. The molecule has 1 aliphatic rings. The molecule has 1 fully saturated rings. The molecular formula is C8H9NO2. The highest BCUT2D eigenvalue weighted by molar-refractivity contribution is 6.02. The van der Waals surface area contributed by atoms with Gasteiger partial charge in [0.2, 0.25) is 11.8 Å². The van der Waals surface area contributed by atoms with Crippen molar-refractivity contribution in [2.75, 3.05) is 0 Å². The summed E-state index contributed by atoms with van der Waals surface area (Å²) in [6.07, 6.45) is 5.21. The zero-order chi connectivity index (χ0) is 8.27. The van der Waals surface area contributed by atoms with E-state index in [1.54, 1.807) is 6.08 Å². The molecule has 2 amide bonds. The second-order valence-electron chi connectivity index (χ2n) is 2.23. The van der Waals surface area contributed by atoms with Crippen LogP contribution in [0.5, 0.6) is 0 Å². The Balaban J connectivity index is 2.68. The fourth-order valence-corrected chi connectivity index (χ4v) is 0.907. The summed E-state index contributed by atoms with van der Waals surface area (Å²) in [6, 6.07) is 0. The molecule has 1 saturated heterocycles. The van der Waals surface area contributed by atoms with Gasteiger partial charge in [0.05, 0.1) is 0 Å². The highest BCUT2D eigenvalue weighted by atomic mass is 16.2. The molecule has 3 nitrogen and oxygen atoms in total. The molecule has 0 radical (unpaired) electrons. The van der Waals surface area contributed by atoms with Crippen LogP contribution in [0.4, 0.5) is 0 Å². The molecule has 0 aromatic heterocycles. The van der Waals surface area contributed by atoms with Crippen LogP contribution in [0.25, 0.3) is 0 Å². The van der Waals surface area contributed by atoms with Crippen LogP contribution in [0.3, 0.4) is 0 Å². The summed E-state index contributed by atoms with van der Waals surface area (Å²) in [7, 11) is 0. The Kier molecular flexibility index (Phi) is 2.21. The van der Waals surface area contributed by atoms with Gasteiger partial charge in [-0.25, -0.2) is 0 Å². The number of amides is 2. The number of carbonyl (C=O) groups is 2. The molecule has 0 atom stereocenters. The Bertz CT molecular complexity index is 214. The second-order valence-corrected chi connectivity index (χ2v) is 2.23. The van der Waals surface area contributed by atoms with Crippen molar-refractivity contribution in [3.8, 4) is 0 Å². The summed E-state index contributed by atoms with van der Waals surface area (Å²) in [6.45, 7) is 3.44. The van der Waals surface area contributed by atoms with Crippen molar-refractivity contribution in [2.45, 2.75) is 12.8 Å². The Morgan fingerprint density at radius 3 is 2.27 bits per heavy atom. The van der Waals surface area contributed by atoms with E-state index < -0.39 is 0 Å². The molecule has 0 N–H and O–H groups in total. The van der Waals surface area contributed by atoms with E-state index in [-0.39, 0.29) is 11.8 Å². The van der Waals surface area contributed by atoms with E-state index in [1.807, 2.05) is 0 Å². The molecule has 0 unspecified atom stereocenters. The van der Waals surface area contributed by atoms with Crippen LogP contribution in [-0.4, -0.2) is 16.7 Å². The number of hydrogen-bond acceptors (Lipinski definition) is 2. The summed E-state index contributed by atoms with van der Waals surface area (Å²) >= 11 is 0. The van der Waals surface area contributed by atoms with Crippen molar-refractivity contribution in [3.63, 3.8) is 0 Å². The van der Waals surface area contributed by atoms with E-state index in [0.29, 0.717) is 12.8 Å². The van der Waals surface area contributed by atoms with E-state index in [0.717, 1.165) is 4.90 Å². The third-order valence-electron chi connectivity index (χ3n) is 1.46. The van der Waals surface area contributed by atoms with Gasteiger partial charge in [-0.1, -0.05) is 12.7 Å². The number of likely N-dealkylation sites (tertiary alicyclic amines) is 1. The number of imide groups is 1. The van der Waals surface area contributed by atoms with E-state index >= 15 is 0 Å². The molecule has 1 heterocycles. The van der Waals surface area contributed by atoms with E-state index in [9.17, 15) is 9.59 Å². The molecule has 3 heteroatoms. The summed E-state index contributed by atoms with van der Waals surface area (Å²) < 4.78 is 0. The molecule has 0 saturated carbocycles. The largest absolute Gasteiger partial charge is 0.274 e. The van der Waals surface area contributed by atoms with Gasteiger partial charge in [0.1, 0.15) is 0 Å². The highest BCUT2D eigenvalue weighted by Gasteiger charge is 2.26. The minimum Gasteiger partial charge on any atom is -0.274 e. The predicted molar refractivity (Wildman–Crippen MR) is 40.4 cm³/mol. The van der Waals surface area contributed by atoms with Crippen molar-refractivity contribution in [1.29, 1.82) is 0 Å². The van der Waals surface area contributed by atoms with Gasteiger partial charge in [-0.2, -0.15) is 0 Å². The van der Waals surface area contributed by atoms with Crippen molar-refractivity contribution >= 4 is 11.8 Å². The van der Waals surface area contributed by atoms with Crippen molar-refractivity contribution < 1.29 is 9.59 Å². The molecule has 58 valence electrons. The van der Waals surface area contributed by atoms with Crippen LogP contribution in [0.15, 0.2) is 24.9 Å². The molecule has 0 aromatic carbocycles. The number of rotatable bonds is 2. The SMILES string of the molecule is C=CC=CN1C(=O)CCC1=O. The lowest BCUT2D eigenvalue weighted by Crippen LogP contribution is -2.22. The van der Waals surface area contributed by atoms with Crippen LogP contribution >= 0.6 is 0 Å². The fraction of sp³-hybridized carbons (Fsp3) is 0.250. The standard InChI is InChI=1S/C8H9NO2/c1-2-3-6-9-7(10)4-5-8(9)11/h2-3,6H,1,4-5H2. The van der Waals surface area contributed by atoms with Crippen molar-refractivity contribution in [3.05, 3.63) is 24.9 Å². The summed E-state index contributed by atoms with van der Waals surface area (Å²) in [5, 5.41) is 0. The van der Waals surface area contributed by atoms with Crippen molar-refractivity contribution in [1.82, 2.24) is 4.90 Å². The first-order valence-corrected chi connectivity index (χ1v) is 3.40. The lowest BCUT2D eigenvalue weighted by atomic mass is 10.4. The minimum absolute atomic E-state index is 0.131. The number of hydrogen-bond donors (Lipinski definition) is 0. The summed E-state index contributed by atoms with van der Waals surface area (Å²) in [5.74, 6) is -0.263. The van der Waals surface area contributed by atoms with Gasteiger partial charge in [-0.3, -0.25) is 14.5 Å². The van der Waals surface area contributed by atoms with Gasteiger partial charge in [0.15, 0.2) is 0 Å². The van der Waals surface area contributed by atoms with Crippen LogP contribution in [0.2, 0.25) is 0 Å². The van der Waals surface area contributed by atoms with Gasteiger partial charge >= 0.3 is 0 Å². The maximum atomic E-state index is 10.9. The Morgan fingerprint density at radius 2 is 1.82 bits per heavy atom. The van der Waals surface area contributed by atoms with Gasteiger partial charge < -0.3 is 0 Å². The second kappa shape index (κ2) is 3.14. The normalized spacial score (nSPS) is 18.4. The van der Waals surface area contributed by atoms with Gasteiger partial charge in [0, 0.05) is 19.0 Å². The zero-order valence-electron chi connectivity index (χ0n) is 6.12. The Hall–Kier alpha value is -1.38. The highest BCUT2D eigenvalue weighted by Crippen LogP contribution is 2.11. The van der Waals surface area contributed by atoms with Crippen LogP contribution < -0.4 is 0 Å². The summed E-state index contributed by atoms with van der Waals surface area (Å²) in [5.41, 5.74) is 0. The molecule has 0 aromatic rings. The van der Waals surface area contributed by atoms with Crippen LogP contribution in [-0.2, 0) is 9.59 Å². The molecule has 1 rings (SSSR count). The van der Waals surface area contributed by atoms with Crippen molar-refractivity contribution in [2.24, 2.45) is 0 Å². The number of carbonyl (C=O) groups excluding carboxylic acids is 2. The first-order valence-electron chi connectivity index (χ1n) is 3.40. The van der Waals surface area contributed by atoms with Gasteiger partial charge in [-0.05, 0) is 6.08 Å². The van der Waals surface area contributed by atoms with E-state index in [2.05, 4.69) is 6.58 Å². The molecule has 0 aliphatic carbocycles. The number of allylic oxidation sites excluding steroid dienone is 2. The average Bonchev–Trinajstić information content (AvgIpc) is 2.29. The fourth-order valence-electron chi connectivity index (χ4n) is 0.907. The average molecular weight is 151 g/mol. The smallest absolute Gasteiger partial charge is 0.233 e. The molecule has 1 aliphatic heterocycles. The Labute approximate surface area is 65.0 Å². The molecule has 0 bridgehead atoms. The minimum atomic E-state index is -0.131. The first-order chi connectivity index (χ1) is 5.25. The Morgan fingerprint density at radius 1 is 1.27 bits per heavy atom. The third kappa shape index (κ3) is 1.55. The lowest BCUT2D eigenvalue weighted by Gasteiger charge is -2.04. The first kappa shape index (κ1) is 7.72. The maximum absolute atomic E-state index is 10.9. The van der Waals surface area contributed by atoms with Crippen LogP contribution in [0, 0.1) is 0 Å². The zero-order valence-corrected chi connectivity index (χ0v) is 6.12. The lowest BCUT2D eigenvalue weighted by molar-refractivity contribution is -0.135. The topological polar surface area (TPSA) is 37.4 Å². The molecule has 0 spiro atoms. The summed E-state index contributed by atoms with van der Waals surface area (Å²) in [4.78, 5) is 22.9. The van der Waals surface area contributed by atoms with Crippen LogP contribution in [0.1, 0.15) is 12.8 Å². The third-order valence-corrected chi connectivity index (χ3v) is 1.46. The predicted octanol–water partition coefficient (Wildman–Crippen LogP) is 0.835.